The van der Waals surface area contributed by atoms with Gasteiger partial charge < -0.3 is 4.74 Å². The summed E-state index contributed by atoms with van der Waals surface area (Å²) in [6, 6.07) is 19.2. The second-order valence-electron chi connectivity index (χ2n) is 6.63. The van der Waals surface area contributed by atoms with Crippen molar-refractivity contribution in [3.05, 3.63) is 54.6 Å². The number of rotatable bonds is 5. The lowest BCUT2D eigenvalue weighted by atomic mass is 10.1. The molecule has 0 bridgehead atoms. The maximum Gasteiger partial charge on any atom is 0.303 e. The molecule has 0 saturated carbocycles. The smallest absolute Gasteiger partial charge is 0.303 e. The third-order valence-corrected chi connectivity index (χ3v) is 4.93. The van der Waals surface area contributed by atoms with E-state index >= 15 is 0 Å². The summed E-state index contributed by atoms with van der Waals surface area (Å²) in [6.07, 6.45) is 4.89. The predicted octanol–water partition coefficient (Wildman–Crippen LogP) is 4.63. The Labute approximate surface area is 149 Å². The molecule has 130 valence electrons. The van der Waals surface area contributed by atoms with Crippen LogP contribution in [-0.4, -0.2) is 33.8 Å². The summed E-state index contributed by atoms with van der Waals surface area (Å²) in [7, 11) is 0. The second kappa shape index (κ2) is 7.28. The van der Waals surface area contributed by atoms with Gasteiger partial charge in [0.15, 0.2) is 6.23 Å². The number of ether oxygens (including phenoxy) is 1. The average molecular weight is 335 g/mol. The number of imidazole rings is 1. The van der Waals surface area contributed by atoms with Gasteiger partial charge in [0.05, 0.1) is 16.7 Å². The lowest BCUT2D eigenvalue weighted by Crippen LogP contribution is -2.42. The largest absolute Gasteiger partial charge is 0.445 e. The molecule has 2 aromatic carbocycles. The lowest BCUT2D eigenvalue weighted by molar-refractivity contribution is 0.00282. The molecule has 0 spiro atoms. The number of likely N-dealkylation sites (tertiary alicyclic amines) is 1. The van der Waals surface area contributed by atoms with Gasteiger partial charge in [0.25, 0.3) is 0 Å². The molecule has 4 heteroatoms. The van der Waals surface area contributed by atoms with E-state index in [0.29, 0.717) is 6.01 Å². The topological polar surface area (TPSA) is 30.3 Å². The maximum atomic E-state index is 6.45. The zero-order chi connectivity index (χ0) is 17.1. The minimum Gasteiger partial charge on any atom is -0.445 e. The quantitative estimate of drug-likeness (QED) is 0.681. The molecule has 1 aliphatic rings. The van der Waals surface area contributed by atoms with Crippen molar-refractivity contribution in [2.24, 2.45) is 0 Å². The first kappa shape index (κ1) is 16.2. The van der Waals surface area contributed by atoms with Crippen molar-refractivity contribution >= 4 is 11.0 Å². The van der Waals surface area contributed by atoms with Crippen molar-refractivity contribution in [2.45, 2.75) is 38.8 Å². The molecule has 2 heterocycles. The Balaban J connectivity index is 1.73. The van der Waals surface area contributed by atoms with Crippen molar-refractivity contribution in [3.63, 3.8) is 0 Å². The number of benzene rings is 2. The molecule has 1 aliphatic heterocycles. The molecule has 4 rings (SSSR count). The number of fused-ring (bicyclic) bond motifs is 1. The van der Waals surface area contributed by atoms with Crippen LogP contribution in [0.2, 0.25) is 0 Å². The van der Waals surface area contributed by atoms with E-state index in [1.807, 2.05) is 18.2 Å². The zero-order valence-corrected chi connectivity index (χ0v) is 14.8. The summed E-state index contributed by atoms with van der Waals surface area (Å²) in [5.41, 5.74) is 3.13. The second-order valence-corrected chi connectivity index (χ2v) is 6.63. The summed E-state index contributed by atoms with van der Waals surface area (Å²) < 4.78 is 8.58. The van der Waals surface area contributed by atoms with E-state index in [2.05, 4.69) is 52.8 Å². The van der Waals surface area contributed by atoms with E-state index < -0.39 is 0 Å². The van der Waals surface area contributed by atoms with Gasteiger partial charge in [0, 0.05) is 13.1 Å². The highest BCUT2D eigenvalue weighted by molar-refractivity contribution is 5.79. The lowest BCUT2D eigenvalue weighted by Gasteiger charge is -2.33. The third-order valence-electron chi connectivity index (χ3n) is 4.93. The first-order valence-corrected chi connectivity index (χ1v) is 9.30. The summed E-state index contributed by atoms with van der Waals surface area (Å²) in [5, 5.41) is 0. The third kappa shape index (κ3) is 3.27. The van der Waals surface area contributed by atoms with Gasteiger partial charge in [-0.1, -0.05) is 43.7 Å². The van der Waals surface area contributed by atoms with Crippen LogP contribution in [0, 0.1) is 0 Å². The average Bonchev–Trinajstić information content (AvgIpc) is 3.05. The van der Waals surface area contributed by atoms with E-state index in [1.165, 1.54) is 19.3 Å². The molecule has 1 unspecified atom stereocenters. The molecule has 3 aromatic rings. The molecule has 1 aromatic heterocycles. The van der Waals surface area contributed by atoms with Gasteiger partial charge in [0.1, 0.15) is 0 Å². The van der Waals surface area contributed by atoms with Gasteiger partial charge >= 0.3 is 6.01 Å². The van der Waals surface area contributed by atoms with E-state index in [0.717, 1.165) is 36.2 Å². The molecule has 1 saturated heterocycles. The van der Waals surface area contributed by atoms with E-state index in [-0.39, 0.29) is 6.23 Å². The van der Waals surface area contributed by atoms with Crippen molar-refractivity contribution in [2.75, 3.05) is 13.1 Å². The fourth-order valence-corrected chi connectivity index (χ4v) is 3.65. The minimum atomic E-state index is 0.0829. The summed E-state index contributed by atoms with van der Waals surface area (Å²) in [6.45, 7) is 4.42. The minimum absolute atomic E-state index is 0.0829. The molecule has 1 atom stereocenters. The summed E-state index contributed by atoms with van der Waals surface area (Å²) in [4.78, 5) is 7.24. The first-order valence-electron chi connectivity index (χ1n) is 9.30. The van der Waals surface area contributed by atoms with Gasteiger partial charge in [-0.25, -0.2) is 0 Å². The van der Waals surface area contributed by atoms with Crippen LogP contribution in [0.25, 0.3) is 16.7 Å². The molecular formula is C21H25N3O. The van der Waals surface area contributed by atoms with Crippen LogP contribution < -0.4 is 4.74 Å². The highest BCUT2D eigenvalue weighted by Gasteiger charge is 2.23. The van der Waals surface area contributed by atoms with Crippen LogP contribution in [0.5, 0.6) is 6.01 Å². The molecule has 4 nitrogen and oxygen atoms in total. The Morgan fingerprint density at radius 2 is 1.68 bits per heavy atom. The van der Waals surface area contributed by atoms with Crippen molar-refractivity contribution in [1.82, 2.24) is 14.5 Å². The Bertz CT molecular complexity index is 822. The van der Waals surface area contributed by atoms with E-state index in [9.17, 15) is 0 Å². The number of aromatic nitrogens is 2. The van der Waals surface area contributed by atoms with Crippen LogP contribution in [0.3, 0.4) is 0 Å². The number of para-hydroxylation sites is 3. The molecule has 1 fully saturated rings. The standard InChI is InChI=1S/C21H25N3O/c1-2-20(23-15-9-4-10-16-23)25-21-22-18-13-7-8-14-19(18)24(21)17-11-5-3-6-12-17/h3,5-8,11-14,20H,2,4,9-10,15-16H2,1H3. The van der Waals surface area contributed by atoms with Gasteiger partial charge in [0.2, 0.25) is 0 Å². The van der Waals surface area contributed by atoms with Crippen molar-refractivity contribution < 1.29 is 4.74 Å². The Hall–Kier alpha value is -2.33. The normalized spacial score (nSPS) is 16.8. The fourth-order valence-electron chi connectivity index (χ4n) is 3.65. The monoisotopic (exact) mass is 335 g/mol. The van der Waals surface area contributed by atoms with Gasteiger partial charge in [-0.05, 0) is 43.5 Å². The first-order chi connectivity index (χ1) is 12.4. The predicted molar refractivity (Wildman–Crippen MR) is 101 cm³/mol. The molecule has 0 aliphatic carbocycles. The van der Waals surface area contributed by atoms with Crippen LogP contribution in [0.4, 0.5) is 0 Å². The highest BCUT2D eigenvalue weighted by atomic mass is 16.5. The Morgan fingerprint density at radius 1 is 0.960 bits per heavy atom. The number of nitrogens with zero attached hydrogens (tertiary/aromatic N) is 3. The van der Waals surface area contributed by atoms with Gasteiger partial charge in [-0.15, -0.1) is 0 Å². The van der Waals surface area contributed by atoms with Crippen molar-refractivity contribution in [1.29, 1.82) is 0 Å². The molecule has 0 amide bonds. The SMILES string of the molecule is CCC(Oc1nc2ccccc2n1-c1ccccc1)N1CCCCC1. The summed E-state index contributed by atoms with van der Waals surface area (Å²) >= 11 is 0. The zero-order valence-electron chi connectivity index (χ0n) is 14.8. The van der Waals surface area contributed by atoms with Gasteiger partial charge in [-0.2, -0.15) is 4.98 Å². The fraction of sp³-hybridized carbons (Fsp3) is 0.381. The number of hydrogen-bond donors (Lipinski definition) is 0. The van der Waals surface area contributed by atoms with Crippen LogP contribution in [-0.2, 0) is 0 Å². The van der Waals surface area contributed by atoms with E-state index in [1.54, 1.807) is 0 Å². The van der Waals surface area contributed by atoms with Crippen molar-refractivity contribution in [3.8, 4) is 11.7 Å². The number of piperidine rings is 1. The Morgan fingerprint density at radius 3 is 2.44 bits per heavy atom. The molecule has 0 radical (unpaired) electrons. The molecule has 0 N–H and O–H groups in total. The highest BCUT2D eigenvalue weighted by Crippen LogP contribution is 2.28. The summed E-state index contributed by atoms with van der Waals surface area (Å²) in [5.74, 6) is 0. The van der Waals surface area contributed by atoms with Crippen LogP contribution in [0.15, 0.2) is 54.6 Å². The van der Waals surface area contributed by atoms with Gasteiger partial charge in [-0.3, -0.25) is 9.47 Å². The molecular weight excluding hydrogens is 310 g/mol. The van der Waals surface area contributed by atoms with Crippen LogP contribution >= 0.6 is 0 Å². The van der Waals surface area contributed by atoms with E-state index in [4.69, 9.17) is 9.72 Å². The van der Waals surface area contributed by atoms with Crippen LogP contribution in [0.1, 0.15) is 32.6 Å². The molecule has 25 heavy (non-hydrogen) atoms. The number of hydrogen-bond acceptors (Lipinski definition) is 3. The maximum absolute atomic E-state index is 6.45. The Kier molecular flexibility index (Phi) is 4.70.